The fourth-order valence-electron chi connectivity index (χ4n) is 3.21. The van der Waals surface area contributed by atoms with Crippen LogP contribution in [-0.2, 0) is 0 Å². The van der Waals surface area contributed by atoms with Crippen molar-refractivity contribution in [2.45, 2.75) is 46.0 Å². The Kier molecular flexibility index (Phi) is 4.69. The summed E-state index contributed by atoms with van der Waals surface area (Å²) in [6, 6.07) is 5.94. The van der Waals surface area contributed by atoms with Gasteiger partial charge in [-0.15, -0.1) is 0 Å². The maximum absolute atomic E-state index is 12.4. The number of nitrogens with one attached hydrogen (secondary N) is 2. The van der Waals surface area contributed by atoms with E-state index in [-0.39, 0.29) is 5.91 Å². The zero-order valence-corrected chi connectivity index (χ0v) is 12.9. The third kappa shape index (κ3) is 3.14. The van der Waals surface area contributed by atoms with Crippen LogP contribution in [0.1, 0.15) is 54.9 Å². The Balaban J connectivity index is 2.06. The molecule has 1 amide bonds. The largest absolute Gasteiger partial charge is 0.387 e. The van der Waals surface area contributed by atoms with Crippen LogP contribution in [0.4, 0.5) is 5.69 Å². The topological polar surface area (TPSA) is 41.1 Å². The number of carbonyl (C=O) groups is 1. The van der Waals surface area contributed by atoms with Gasteiger partial charge in [0.2, 0.25) is 0 Å². The van der Waals surface area contributed by atoms with Gasteiger partial charge in [-0.1, -0.05) is 31.4 Å². The van der Waals surface area contributed by atoms with Gasteiger partial charge in [0.1, 0.15) is 0 Å². The third-order valence-corrected chi connectivity index (χ3v) is 4.73. The number of carbonyl (C=O) groups excluding carboxylic acids is 1. The van der Waals surface area contributed by atoms with Crippen LogP contribution in [0.3, 0.4) is 0 Å². The molecule has 0 spiro atoms. The molecule has 0 bridgehead atoms. The Morgan fingerprint density at radius 1 is 1.30 bits per heavy atom. The molecule has 1 aliphatic carbocycles. The van der Waals surface area contributed by atoms with Gasteiger partial charge in [0.15, 0.2) is 0 Å². The molecule has 20 heavy (non-hydrogen) atoms. The summed E-state index contributed by atoms with van der Waals surface area (Å²) in [6.07, 6.45) is 6.25. The first-order valence-corrected chi connectivity index (χ1v) is 7.67. The maximum Gasteiger partial charge on any atom is 0.253 e. The van der Waals surface area contributed by atoms with Gasteiger partial charge >= 0.3 is 0 Å². The predicted molar refractivity (Wildman–Crippen MR) is 84.3 cm³/mol. The van der Waals surface area contributed by atoms with Crippen molar-refractivity contribution in [2.24, 2.45) is 5.41 Å². The summed E-state index contributed by atoms with van der Waals surface area (Å²) >= 11 is 0. The van der Waals surface area contributed by atoms with E-state index in [1.807, 2.05) is 32.2 Å². The van der Waals surface area contributed by atoms with Gasteiger partial charge in [-0.2, -0.15) is 0 Å². The molecule has 1 aromatic rings. The number of aryl methyl sites for hydroxylation is 1. The van der Waals surface area contributed by atoms with Crippen LogP contribution in [0.25, 0.3) is 0 Å². The molecule has 0 aliphatic heterocycles. The van der Waals surface area contributed by atoms with Crippen LogP contribution in [-0.4, -0.2) is 19.5 Å². The molecular formula is C17H26N2O. The highest BCUT2D eigenvalue weighted by atomic mass is 16.1. The highest BCUT2D eigenvalue weighted by molar-refractivity contribution is 5.99. The van der Waals surface area contributed by atoms with Crippen LogP contribution in [0.5, 0.6) is 0 Å². The van der Waals surface area contributed by atoms with Gasteiger partial charge in [-0.05, 0) is 43.7 Å². The Morgan fingerprint density at radius 2 is 2.00 bits per heavy atom. The molecule has 3 nitrogen and oxygen atoms in total. The average Bonchev–Trinajstić information content (AvgIpc) is 2.94. The molecule has 0 saturated heterocycles. The Morgan fingerprint density at radius 3 is 2.60 bits per heavy atom. The lowest BCUT2D eigenvalue weighted by atomic mass is 9.83. The van der Waals surface area contributed by atoms with E-state index in [0.717, 1.165) is 29.8 Å². The number of hydrogen-bond acceptors (Lipinski definition) is 2. The first-order valence-electron chi connectivity index (χ1n) is 7.67. The van der Waals surface area contributed by atoms with Gasteiger partial charge in [-0.3, -0.25) is 4.79 Å². The smallest absolute Gasteiger partial charge is 0.253 e. The van der Waals surface area contributed by atoms with E-state index < -0.39 is 0 Å². The van der Waals surface area contributed by atoms with E-state index in [1.54, 1.807) is 0 Å². The second-order valence-electron chi connectivity index (χ2n) is 6.04. The zero-order chi connectivity index (χ0) is 14.6. The van der Waals surface area contributed by atoms with E-state index >= 15 is 0 Å². The second-order valence-corrected chi connectivity index (χ2v) is 6.04. The van der Waals surface area contributed by atoms with Crippen LogP contribution in [0, 0.1) is 12.3 Å². The molecular weight excluding hydrogens is 248 g/mol. The lowest BCUT2D eigenvalue weighted by Gasteiger charge is -2.27. The Labute approximate surface area is 122 Å². The molecule has 3 heteroatoms. The summed E-state index contributed by atoms with van der Waals surface area (Å²) in [5, 5.41) is 6.25. The summed E-state index contributed by atoms with van der Waals surface area (Å²) in [7, 11) is 1.85. The highest BCUT2D eigenvalue weighted by Crippen LogP contribution is 2.40. The SMILES string of the molecule is CCC1(CNC(=O)c2cc(C)ccc2NC)CCCC1. The molecule has 0 atom stereocenters. The summed E-state index contributed by atoms with van der Waals surface area (Å²) < 4.78 is 0. The van der Waals surface area contributed by atoms with Crippen LogP contribution < -0.4 is 10.6 Å². The van der Waals surface area contributed by atoms with Gasteiger partial charge in [0, 0.05) is 19.3 Å². The molecule has 1 aliphatic rings. The molecule has 0 heterocycles. The van der Waals surface area contributed by atoms with Crippen molar-refractivity contribution in [3.8, 4) is 0 Å². The molecule has 110 valence electrons. The minimum atomic E-state index is 0.0396. The van der Waals surface area contributed by atoms with Crippen LogP contribution in [0.2, 0.25) is 0 Å². The lowest BCUT2D eigenvalue weighted by Crippen LogP contribution is -2.35. The molecule has 2 rings (SSSR count). The number of anilines is 1. The Bertz CT molecular complexity index is 476. The van der Waals surface area contributed by atoms with E-state index in [4.69, 9.17) is 0 Å². The molecule has 0 radical (unpaired) electrons. The minimum Gasteiger partial charge on any atom is -0.387 e. The summed E-state index contributed by atoms with van der Waals surface area (Å²) in [6.45, 7) is 5.06. The fraction of sp³-hybridized carbons (Fsp3) is 0.588. The number of benzene rings is 1. The molecule has 0 aromatic heterocycles. The van der Waals surface area contributed by atoms with Crippen molar-refractivity contribution < 1.29 is 4.79 Å². The van der Waals surface area contributed by atoms with Crippen LogP contribution >= 0.6 is 0 Å². The number of amides is 1. The van der Waals surface area contributed by atoms with Gasteiger partial charge in [0.05, 0.1) is 5.56 Å². The van der Waals surface area contributed by atoms with Crippen molar-refractivity contribution in [1.82, 2.24) is 5.32 Å². The number of hydrogen-bond donors (Lipinski definition) is 2. The van der Waals surface area contributed by atoms with E-state index in [1.165, 1.54) is 25.7 Å². The summed E-state index contributed by atoms with van der Waals surface area (Å²) in [4.78, 5) is 12.4. The monoisotopic (exact) mass is 274 g/mol. The second kappa shape index (κ2) is 6.29. The van der Waals surface area contributed by atoms with Crippen LogP contribution in [0.15, 0.2) is 18.2 Å². The van der Waals surface area contributed by atoms with E-state index in [9.17, 15) is 4.79 Å². The standard InChI is InChI=1S/C17H26N2O/c1-4-17(9-5-6-10-17)12-19-16(20)14-11-13(2)7-8-15(14)18-3/h7-8,11,18H,4-6,9-10,12H2,1-3H3,(H,19,20). The lowest BCUT2D eigenvalue weighted by molar-refractivity contribution is 0.0929. The van der Waals surface area contributed by atoms with Crippen molar-refractivity contribution in [3.05, 3.63) is 29.3 Å². The first-order chi connectivity index (χ1) is 9.60. The quantitative estimate of drug-likeness (QED) is 0.859. The van der Waals surface area contributed by atoms with Gasteiger partial charge in [0.25, 0.3) is 5.91 Å². The fourth-order valence-corrected chi connectivity index (χ4v) is 3.21. The zero-order valence-electron chi connectivity index (χ0n) is 12.9. The van der Waals surface area contributed by atoms with Crippen molar-refractivity contribution in [2.75, 3.05) is 18.9 Å². The third-order valence-electron chi connectivity index (χ3n) is 4.73. The predicted octanol–water partition coefficient (Wildman–Crippen LogP) is 3.74. The minimum absolute atomic E-state index is 0.0396. The highest BCUT2D eigenvalue weighted by Gasteiger charge is 2.32. The van der Waals surface area contributed by atoms with Crippen molar-refractivity contribution >= 4 is 11.6 Å². The number of rotatable bonds is 5. The molecule has 2 N–H and O–H groups in total. The first kappa shape index (κ1) is 14.9. The average molecular weight is 274 g/mol. The summed E-state index contributed by atoms with van der Waals surface area (Å²) in [5.74, 6) is 0.0396. The van der Waals surface area contributed by atoms with E-state index in [0.29, 0.717) is 5.41 Å². The Hall–Kier alpha value is -1.51. The van der Waals surface area contributed by atoms with Crippen molar-refractivity contribution in [3.63, 3.8) is 0 Å². The summed E-state index contributed by atoms with van der Waals surface area (Å²) in [5.41, 5.74) is 3.08. The molecule has 1 saturated carbocycles. The van der Waals surface area contributed by atoms with Gasteiger partial charge < -0.3 is 10.6 Å². The maximum atomic E-state index is 12.4. The molecule has 1 fully saturated rings. The van der Waals surface area contributed by atoms with E-state index in [2.05, 4.69) is 17.6 Å². The molecule has 1 aromatic carbocycles. The molecule has 0 unspecified atom stereocenters. The normalized spacial score (nSPS) is 16.9. The van der Waals surface area contributed by atoms with Crippen molar-refractivity contribution in [1.29, 1.82) is 0 Å². The van der Waals surface area contributed by atoms with Gasteiger partial charge in [-0.25, -0.2) is 0 Å².